The maximum atomic E-state index is 12.6. The maximum absolute atomic E-state index is 12.6. The number of aliphatic hydroxyl groups is 1. The lowest BCUT2D eigenvalue weighted by Crippen LogP contribution is -2.37. The van der Waals surface area contributed by atoms with Crippen molar-refractivity contribution in [3.8, 4) is 11.6 Å². The molecule has 178 valence electrons. The molecular weight excluding hydrogens is 468 g/mol. The number of rotatable bonds is 9. The van der Waals surface area contributed by atoms with Crippen molar-refractivity contribution in [3.63, 3.8) is 0 Å². The van der Waals surface area contributed by atoms with Gasteiger partial charge < -0.3 is 19.5 Å². The first-order valence-electron chi connectivity index (χ1n) is 11.1. The second kappa shape index (κ2) is 10.3. The summed E-state index contributed by atoms with van der Waals surface area (Å²) in [6.45, 7) is 0.680. The summed E-state index contributed by atoms with van der Waals surface area (Å²) in [4.78, 5) is 7.64. The molecule has 4 aromatic rings. The highest BCUT2D eigenvalue weighted by atomic mass is 35.5. The minimum atomic E-state index is -1.28. The van der Waals surface area contributed by atoms with Crippen LogP contribution in [0.15, 0.2) is 66.7 Å². The molecule has 4 rings (SSSR count). The van der Waals surface area contributed by atoms with E-state index in [0.29, 0.717) is 28.9 Å². The molecule has 2 heterocycles. The molecule has 0 aliphatic carbocycles. The molecule has 0 bridgehead atoms. The van der Waals surface area contributed by atoms with Crippen LogP contribution in [0, 0.1) is 0 Å². The van der Waals surface area contributed by atoms with Crippen molar-refractivity contribution in [1.29, 1.82) is 0 Å². The SMILES string of the molecule is COc1cccc(C(O)(CCN(C)C)C(c2ccccc2)c2cc3cc(Cl)sc3nc2OC)c1. The van der Waals surface area contributed by atoms with Gasteiger partial charge in [0.25, 0.3) is 0 Å². The standard InChI is InChI=1S/C27H29ClN2O3S/c1-30(2)14-13-27(31,20-11-8-12-21(17-20)32-3)24(18-9-6-5-7-10-18)22-15-19-16-23(28)34-26(19)29-25(22)33-4/h5-12,15-17,24,31H,13-14H2,1-4H3. The van der Waals surface area contributed by atoms with Crippen LogP contribution in [0.4, 0.5) is 0 Å². The van der Waals surface area contributed by atoms with Gasteiger partial charge in [0, 0.05) is 23.4 Å². The molecule has 34 heavy (non-hydrogen) atoms. The number of nitrogens with zero attached hydrogens (tertiary/aromatic N) is 2. The molecule has 0 amide bonds. The van der Waals surface area contributed by atoms with Crippen molar-refractivity contribution in [2.24, 2.45) is 0 Å². The Bertz CT molecular complexity index is 1260. The van der Waals surface area contributed by atoms with E-state index >= 15 is 0 Å². The van der Waals surface area contributed by atoms with Crippen LogP contribution in [0.3, 0.4) is 0 Å². The monoisotopic (exact) mass is 496 g/mol. The van der Waals surface area contributed by atoms with E-state index < -0.39 is 11.5 Å². The second-order valence-electron chi connectivity index (χ2n) is 8.58. The van der Waals surface area contributed by atoms with Gasteiger partial charge in [0.1, 0.15) is 16.2 Å². The molecule has 0 saturated carbocycles. The van der Waals surface area contributed by atoms with Gasteiger partial charge in [-0.15, -0.1) is 11.3 Å². The number of hydrogen-bond acceptors (Lipinski definition) is 6. The van der Waals surface area contributed by atoms with Gasteiger partial charge in [0.2, 0.25) is 5.88 Å². The van der Waals surface area contributed by atoms with Crippen LogP contribution in [0.2, 0.25) is 4.34 Å². The minimum Gasteiger partial charge on any atom is -0.497 e. The maximum Gasteiger partial charge on any atom is 0.218 e. The first kappa shape index (κ1) is 24.5. The Morgan fingerprint density at radius 3 is 2.47 bits per heavy atom. The van der Waals surface area contributed by atoms with E-state index in [1.807, 2.05) is 80.8 Å². The smallest absolute Gasteiger partial charge is 0.218 e. The molecule has 0 radical (unpaired) electrons. The summed E-state index contributed by atoms with van der Waals surface area (Å²) in [5.74, 6) is 0.718. The normalized spacial score (nSPS) is 14.2. The lowest BCUT2D eigenvalue weighted by molar-refractivity contribution is 0.00364. The fraction of sp³-hybridized carbons (Fsp3) is 0.296. The number of halogens is 1. The molecule has 2 atom stereocenters. The van der Waals surface area contributed by atoms with E-state index in [4.69, 9.17) is 26.1 Å². The summed E-state index contributed by atoms with van der Waals surface area (Å²) in [5, 5.41) is 13.5. The predicted octanol–water partition coefficient (Wildman–Crippen LogP) is 5.94. The van der Waals surface area contributed by atoms with Gasteiger partial charge in [0.15, 0.2) is 0 Å². The molecule has 0 spiro atoms. The molecule has 7 heteroatoms. The van der Waals surface area contributed by atoms with Gasteiger partial charge in [-0.3, -0.25) is 0 Å². The van der Waals surface area contributed by atoms with E-state index in [2.05, 4.69) is 4.90 Å². The van der Waals surface area contributed by atoms with Crippen molar-refractivity contribution in [3.05, 3.63) is 87.8 Å². The average molecular weight is 497 g/mol. The second-order valence-corrected chi connectivity index (χ2v) is 10.2. The van der Waals surface area contributed by atoms with Gasteiger partial charge in [0.05, 0.1) is 18.6 Å². The van der Waals surface area contributed by atoms with Crippen LogP contribution in [0.25, 0.3) is 10.2 Å². The summed E-state index contributed by atoms with van der Waals surface area (Å²) in [7, 11) is 7.25. The number of benzene rings is 2. The fourth-order valence-corrected chi connectivity index (χ4v) is 5.48. The number of thiophene rings is 1. The molecule has 0 aliphatic rings. The summed E-state index contributed by atoms with van der Waals surface area (Å²) in [5.41, 5.74) is 1.27. The van der Waals surface area contributed by atoms with Gasteiger partial charge >= 0.3 is 0 Å². The van der Waals surface area contributed by atoms with Crippen molar-refractivity contribution >= 4 is 33.2 Å². The summed E-state index contributed by atoms with van der Waals surface area (Å²) < 4.78 is 11.9. The average Bonchev–Trinajstić information content (AvgIpc) is 3.22. The largest absolute Gasteiger partial charge is 0.497 e. The van der Waals surface area contributed by atoms with Gasteiger partial charge in [-0.05, 0) is 55.9 Å². The Labute approximate surface area is 209 Å². The van der Waals surface area contributed by atoms with Crippen LogP contribution < -0.4 is 9.47 Å². The van der Waals surface area contributed by atoms with E-state index in [9.17, 15) is 5.11 Å². The minimum absolute atomic E-state index is 0.453. The quantitative estimate of drug-likeness (QED) is 0.311. The summed E-state index contributed by atoms with van der Waals surface area (Å²) in [6.07, 6.45) is 0.484. The third-order valence-electron chi connectivity index (χ3n) is 6.10. The van der Waals surface area contributed by atoms with Gasteiger partial charge in [-0.25, -0.2) is 4.98 Å². The molecule has 0 saturated heterocycles. The molecule has 2 aromatic carbocycles. The molecule has 0 aliphatic heterocycles. The fourth-order valence-electron chi connectivity index (χ4n) is 4.41. The lowest BCUT2D eigenvalue weighted by Gasteiger charge is -2.39. The van der Waals surface area contributed by atoms with Crippen LogP contribution >= 0.6 is 22.9 Å². The summed E-state index contributed by atoms with van der Waals surface area (Å²) >= 11 is 7.71. The zero-order valence-corrected chi connectivity index (χ0v) is 21.4. The zero-order valence-electron chi connectivity index (χ0n) is 19.8. The highest BCUT2D eigenvalue weighted by Gasteiger charge is 2.42. The molecule has 2 aromatic heterocycles. The first-order chi connectivity index (χ1) is 16.4. The van der Waals surface area contributed by atoms with Crippen LogP contribution in [-0.4, -0.2) is 49.9 Å². The van der Waals surface area contributed by atoms with E-state index in [1.54, 1.807) is 14.2 Å². The van der Waals surface area contributed by atoms with Crippen LogP contribution in [0.5, 0.6) is 11.6 Å². The lowest BCUT2D eigenvalue weighted by atomic mass is 9.71. The third kappa shape index (κ3) is 4.91. The molecule has 5 nitrogen and oxygen atoms in total. The van der Waals surface area contributed by atoms with Crippen molar-refractivity contribution in [1.82, 2.24) is 9.88 Å². The Morgan fingerprint density at radius 2 is 1.79 bits per heavy atom. The number of methoxy groups -OCH3 is 2. The van der Waals surface area contributed by atoms with Crippen molar-refractivity contribution in [2.75, 3.05) is 34.9 Å². The van der Waals surface area contributed by atoms with E-state index in [0.717, 1.165) is 26.9 Å². The predicted molar refractivity (Wildman–Crippen MR) is 140 cm³/mol. The van der Waals surface area contributed by atoms with Crippen LogP contribution in [-0.2, 0) is 5.60 Å². The highest BCUT2D eigenvalue weighted by molar-refractivity contribution is 7.22. The highest BCUT2D eigenvalue weighted by Crippen LogP contribution is 2.48. The Morgan fingerprint density at radius 1 is 1.03 bits per heavy atom. The number of fused-ring (bicyclic) bond motifs is 1. The zero-order chi connectivity index (χ0) is 24.3. The van der Waals surface area contributed by atoms with Gasteiger partial charge in [-0.2, -0.15) is 0 Å². The molecule has 2 unspecified atom stereocenters. The Balaban J connectivity index is 2.00. The molecule has 1 N–H and O–H groups in total. The molecular formula is C27H29ClN2O3S. The number of ether oxygens (including phenoxy) is 2. The third-order valence-corrected chi connectivity index (χ3v) is 7.27. The van der Waals surface area contributed by atoms with Gasteiger partial charge in [-0.1, -0.05) is 54.1 Å². The Kier molecular flexibility index (Phi) is 7.43. The van der Waals surface area contributed by atoms with Crippen molar-refractivity contribution in [2.45, 2.75) is 17.9 Å². The first-order valence-corrected chi connectivity index (χ1v) is 12.3. The Hall–Kier alpha value is -2.64. The number of hydrogen-bond donors (Lipinski definition) is 1. The van der Waals surface area contributed by atoms with Crippen molar-refractivity contribution < 1.29 is 14.6 Å². The van der Waals surface area contributed by atoms with E-state index in [-0.39, 0.29) is 0 Å². The number of pyridine rings is 1. The van der Waals surface area contributed by atoms with Crippen LogP contribution in [0.1, 0.15) is 29.0 Å². The van der Waals surface area contributed by atoms with E-state index in [1.165, 1.54) is 11.3 Å². The molecule has 0 fully saturated rings. The summed E-state index contributed by atoms with van der Waals surface area (Å²) in [6, 6.07) is 21.6. The topological polar surface area (TPSA) is 54.8 Å². The number of aromatic nitrogens is 1.